The molecule has 0 radical (unpaired) electrons. The molecule has 22 heavy (non-hydrogen) atoms. The molecule has 0 amide bonds. The molecule has 1 aliphatic heterocycles. The molecule has 0 aliphatic carbocycles. The molecule has 1 fully saturated rings. The van der Waals surface area contributed by atoms with Crippen molar-refractivity contribution >= 4 is 29.2 Å². The molecule has 1 aliphatic rings. The third-order valence-corrected chi connectivity index (χ3v) is 4.20. The number of halogens is 1. The van der Waals surface area contributed by atoms with Crippen LogP contribution in [0.2, 0.25) is 5.02 Å². The molecular weight excluding hydrogens is 306 g/mol. The monoisotopic (exact) mass is 325 g/mol. The molecule has 5 nitrogen and oxygen atoms in total. The number of carbonyl (C=O) groups excluding carboxylic acids is 1. The van der Waals surface area contributed by atoms with Crippen molar-refractivity contribution in [1.29, 1.82) is 0 Å². The number of anilines is 1. The molecule has 0 aromatic heterocycles. The largest absolute Gasteiger partial charge is 0.481 e. The first-order chi connectivity index (χ1) is 10.4. The molecule has 2 unspecified atom stereocenters. The molecule has 6 heteroatoms. The summed E-state index contributed by atoms with van der Waals surface area (Å²) in [6, 6.07) is 5.33. The van der Waals surface area contributed by atoms with Crippen LogP contribution >= 0.6 is 11.6 Å². The number of hydrogen-bond donors (Lipinski definition) is 1. The summed E-state index contributed by atoms with van der Waals surface area (Å²) in [4.78, 5) is 24.2. The Morgan fingerprint density at radius 1 is 1.45 bits per heavy atom. The lowest BCUT2D eigenvalue weighted by atomic mass is 10.0. The maximum atomic E-state index is 11.1. The van der Waals surface area contributed by atoms with E-state index in [-0.39, 0.29) is 12.1 Å². The van der Waals surface area contributed by atoms with Crippen molar-refractivity contribution in [3.8, 4) is 0 Å². The maximum Gasteiger partial charge on any atom is 0.310 e. The van der Waals surface area contributed by atoms with E-state index in [1.807, 2.05) is 6.07 Å². The number of carboxylic acid groups (broad SMARTS) is 1. The minimum Gasteiger partial charge on any atom is -0.481 e. The van der Waals surface area contributed by atoms with Gasteiger partial charge >= 0.3 is 11.9 Å². The van der Waals surface area contributed by atoms with Crippen molar-refractivity contribution in [1.82, 2.24) is 0 Å². The van der Waals surface area contributed by atoms with E-state index in [4.69, 9.17) is 21.4 Å². The van der Waals surface area contributed by atoms with Gasteiger partial charge in [0.25, 0.3) is 0 Å². The summed E-state index contributed by atoms with van der Waals surface area (Å²) in [7, 11) is 0. The maximum absolute atomic E-state index is 11.1. The van der Waals surface area contributed by atoms with Gasteiger partial charge in [-0.25, -0.2) is 0 Å². The van der Waals surface area contributed by atoms with Crippen molar-refractivity contribution < 1.29 is 19.4 Å². The van der Waals surface area contributed by atoms with Gasteiger partial charge in [-0.2, -0.15) is 0 Å². The SMILES string of the molecule is CC(=O)OC1CCCN(c2ccc(C(C)C(=O)O)cc2Cl)C1. The predicted molar refractivity (Wildman–Crippen MR) is 84.5 cm³/mol. The highest BCUT2D eigenvalue weighted by molar-refractivity contribution is 6.33. The second-order valence-electron chi connectivity index (χ2n) is 5.59. The molecule has 1 heterocycles. The van der Waals surface area contributed by atoms with Gasteiger partial charge in [0.15, 0.2) is 0 Å². The molecular formula is C16H20ClNO4. The molecule has 1 aromatic carbocycles. The van der Waals surface area contributed by atoms with Crippen LogP contribution < -0.4 is 4.90 Å². The van der Waals surface area contributed by atoms with Crippen molar-refractivity contribution in [2.45, 2.75) is 38.7 Å². The van der Waals surface area contributed by atoms with Gasteiger partial charge in [0.05, 0.1) is 23.2 Å². The van der Waals surface area contributed by atoms with Gasteiger partial charge in [0.1, 0.15) is 6.10 Å². The summed E-state index contributed by atoms with van der Waals surface area (Å²) < 4.78 is 5.27. The Labute approximate surface area is 134 Å². The van der Waals surface area contributed by atoms with Crippen LogP contribution in [0.5, 0.6) is 0 Å². The van der Waals surface area contributed by atoms with E-state index < -0.39 is 11.9 Å². The molecule has 2 atom stereocenters. The predicted octanol–water partition coefficient (Wildman–Crippen LogP) is 3.06. The van der Waals surface area contributed by atoms with E-state index in [1.165, 1.54) is 6.92 Å². The Hall–Kier alpha value is -1.75. The number of aliphatic carboxylic acids is 1. The highest BCUT2D eigenvalue weighted by atomic mass is 35.5. The lowest BCUT2D eigenvalue weighted by Crippen LogP contribution is -2.40. The van der Waals surface area contributed by atoms with Crippen molar-refractivity contribution in [3.05, 3.63) is 28.8 Å². The summed E-state index contributed by atoms with van der Waals surface area (Å²) in [5.74, 6) is -1.75. The van der Waals surface area contributed by atoms with E-state index in [9.17, 15) is 9.59 Å². The summed E-state index contributed by atoms with van der Waals surface area (Å²) >= 11 is 6.32. The Morgan fingerprint density at radius 3 is 2.77 bits per heavy atom. The minimum atomic E-state index is -0.878. The zero-order valence-corrected chi connectivity index (χ0v) is 13.5. The lowest BCUT2D eigenvalue weighted by Gasteiger charge is -2.34. The van der Waals surface area contributed by atoms with E-state index >= 15 is 0 Å². The number of carbonyl (C=O) groups is 2. The van der Waals surface area contributed by atoms with E-state index in [0.717, 1.165) is 25.1 Å². The van der Waals surface area contributed by atoms with Crippen molar-refractivity contribution in [2.24, 2.45) is 0 Å². The van der Waals surface area contributed by atoms with Crippen LogP contribution in [-0.2, 0) is 14.3 Å². The Morgan fingerprint density at radius 2 is 2.18 bits per heavy atom. The molecule has 0 saturated carbocycles. The first kappa shape index (κ1) is 16.6. The molecule has 0 bridgehead atoms. The fourth-order valence-corrected chi connectivity index (χ4v) is 2.99. The number of benzene rings is 1. The van der Waals surface area contributed by atoms with Crippen LogP contribution in [0.25, 0.3) is 0 Å². The topological polar surface area (TPSA) is 66.8 Å². The summed E-state index contributed by atoms with van der Waals surface area (Å²) in [6.07, 6.45) is 1.64. The molecule has 1 saturated heterocycles. The highest BCUT2D eigenvalue weighted by Gasteiger charge is 2.24. The van der Waals surface area contributed by atoms with Gasteiger partial charge in [-0.05, 0) is 37.5 Å². The molecule has 0 spiro atoms. The smallest absolute Gasteiger partial charge is 0.310 e. The van der Waals surface area contributed by atoms with Gasteiger partial charge in [-0.1, -0.05) is 17.7 Å². The number of hydrogen-bond acceptors (Lipinski definition) is 4. The average Bonchev–Trinajstić information content (AvgIpc) is 2.45. The van der Waals surface area contributed by atoms with Crippen LogP contribution in [0.15, 0.2) is 18.2 Å². The Balaban J connectivity index is 2.15. The molecule has 120 valence electrons. The standard InChI is InChI=1S/C16H20ClNO4/c1-10(16(20)21)12-5-6-15(14(17)8-12)18-7-3-4-13(9-18)22-11(2)19/h5-6,8,10,13H,3-4,7,9H2,1-2H3,(H,20,21). The first-order valence-electron chi connectivity index (χ1n) is 7.33. The van der Waals surface area contributed by atoms with Crippen LogP contribution in [0, 0.1) is 0 Å². The number of carboxylic acids is 1. The van der Waals surface area contributed by atoms with Crippen LogP contribution in [-0.4, -0.2) is 36.2 Å². The van der Waals surface area contributed by atoms with E-state index in [1.54, 1.807) is 19.1 Å². The summed E-state index contributed by atoms with van der Waals surface area (Å²) in [5, 5.41) is 9.58. The fraction of sp³-hybridized carbons (Fsp3) is 0.500. The summed E-state index contributed by atoms with van der Waals surface area (Å²) in [5.41, 5.74) is 1.52. The zero-order valence-electron chi connectivity index (χ0n) is 12.7. The Bertz CT molecular complexity index is 575. The number of piperidine rings is 1. The van der Waals surface area contributed by atoms with Gasteiger partial charge < -0.3 is 14.7 Å². The van der Waals surface area contributed by atoms with Gasteiger partial charge in [0.2, 0.25) is 0 Å². The van der Waals surface area contributed by atoms with Crippen LogP contribution in [0.1, 0.15) is 38.2 Å². The van der Waals surface area contributed by atoms with Crippen LogP contribution in [0.3, 0.4) is 0 Å². The zero-order chi connectivity index (χ0) is 16.3. The Kier molecular flexibility index (Phi) is 5.29. The third-order valence-electron chi connectivity index (χ3n) is 3.89. The number of rotatable bonds is 4. The lowest BCUT2D eigenvalue weighted by molar-refractivity contribution is -0.146. The second kappa shape index (κ2) is 7.01. The second-order valence-corrected chi connectivity index (χ2v) is 6.00. The molecule has 1 aromatic rings. The first-order valence-corrected chi connectivity index (χ1v) is 7.70. The highest BCUT2D eigenvalue weighted by Crippen LogP contribution is 2.32. The molecule has 1 N–H and O–H groups in total. The van der Waals surface area contributed by atoms with Crippen LogP contribution in [0.4, 0.5) is 5.69 Å². The minimum absolute atomic E-state index is 0.125. The number of nitrogens with zero attached hydrogens (tertiary/aromatic N) is 1. The van der Waals surface area contributed by atoms with Crippen molar-refractivity contribution in [3.63, 3.8) is 0 Å². The fourth-order valence-electron chi connectivity index (χ4n) is 2.68. The third kappa shape index (κ3) is 3.91. The normalized spacial score (nSPS) is 19.6. The summed E-state index contributed by atoms with van der Waals surface area (Å²) in [6.45, 7) is 4.48. The van der Waals surface area contributed by atoms with E-state index in [0.29, 0.717) is 17.1 Å². The van der Waals surface area contributed by atoms with Gasteiger partial charge in [0, 0.05) is 13.5 Å². The van der Waals surface area contributed by atoms with Gasteiger partial charge in [-0.15, -0.1) is 0 Å². The number of esters is 1. The average molecular weight is 326 g/mol. The molecule has 2 rings (SSSR count). The van der Waals surface area contributed by atoms with Gasteiger partial charge in [-0.3, -0.25) is 9.59 Å². The van der Waals surface area contributed by atoms with E-state index in [2.05, 4.69) is 4.90 Å². The number of ether oxygens (including phenoxy) is 1. The van der Waals surface area contributed by atoms with Crippen molar-refractivity contribution in [2.75, 3.05) is 18.0 Å². The quantitative estimate of drug-likeness (QED) is 0.862.